The van der Waals surface area contributed by atoms with Crippen LogP contribution in [0.4, 0.5) is 11.6 Å². The molecular weight excluding hydrogens is 362 g/mol. The molecule has 0 atom stereocenters. The molecule has 0 aliphatic carbocycles. The van der Waals surface area contributed by atoms with Gasteiger partial charge >= 0.3 is 0 Å². The smallest absolute Gasteiger partial charge is 0.257 e. The molecule has 1 aromatic heterocycles. The Bertz CT molecular complexity index is 923. The van der Waals surface area contributed by atoms with Gasteiger partial charge < -0.3 is 14.7 Å². The Hall–Kier alpha value is -3.41. The normalized spacial score (nSPS) is 14.0. The lowest BCUT2D eigenvalue weighted by Crippen LogP contribution is -2.48. The van der Waals surface area contributed by atoms with Crippen molar-refractivity contribution in [3.63, 3.8) is 0 Å². The van der Waals surface area contributed by atoms with E-state index in [9.17, 15) is 4.79 Å². The Balaban J connectivity index is 1.35. The highest BCUT2D eigenvalue weighted by molar-refractivity contribution is 5.93. The van der Waals surface area contributed by atoms with Crippen molar-refractivity contribution in [1.82, 2.24) is 14.9 Å². The van der Waals surface area contributed by atoms with Crippen molar-refractivity contribution in [3.05, 3.63) is 84.2 Å². The third kappa shape index (κ3) is 4.54. The maximum absolute atomic E-state index is 12.8. The lowest BCUT2D eigenvalue weighted by atomic mass is 10.2. The molecule has 2 heterocycles. The van der Waals surface area contributed by atoms with E-state index in [1.54, 1.807) is 12.4 Å². The van der Waals surface area contributed by atoms with Crippen molar-refractivity contribution in [2.75, 3.05) is 43.0 Å². The molecule has 29 heavy (non-hydrogen) atoms. The van der Waals surface area contributed by atoms with Gasteiger partial charge in [-0.3, -0.25) is 4.79 Å². The average Bonchev–Trinajstić information content (AvgIpc) is 2.80. The summed E-state index contributed by atoms with van der Waals surface area (Å²) in [5, 5.41) is 0. The first-order chi connectivity index (χ1) is 14.2. The van der Waals surface area contributed by atoms with Crippen molar-refractivity contribution in [2.45, 2.75) is 6.54 Å². The molecule has 1 aliphatic heterocycles. The summed E-state index contributed by atoms with van der Waals surface area (Å²) in [4.78, 5) is 27.8. The summed E-state index contributed by atoms with van der Waals surface area (Å²) >= 11 is 0. The second-order valence-electron chi connectivity index (χ2n) is 7.23. The van der Waals surface area contributed by atoms with Crippen molar-refractivity contribution < 1.29 is 4.79 Å². The second kappa shape index (κ2) is 8.73. The predicted molar refractivity (Wildman–Crippen MR) is 115 cm³/mol. The maximum Gasteiger partial charge on any atom is 0.257 e. The molecule has 148 valence electrons. The molecule has 0 spiro atoms. The Kier molecular flexibility index (Phi) is 5.70. The first-order valence-corrected chi connectivity index (χ1v) is 9.87. The number of amides is 1. The number of para-hydroxylation sites is 1. The van der Waals surface area contributed by atoms with Gasteiger partial charge in [0.25, 0.3) is 5.91 Å². The highest BCUT2D eigenvalue weighted by Crippen LogP contribution is 2.17. The van der Waals surface area contributed by atoms with Crippen LogP contribution in [-0.2, 0) is 6.54 Å². The summed E-state index contributed by atoms with van der Waals surface area (Å²) < 4.78 is 0. The van der Waals surface area contributed by atoms with Gasteiger partial charge in [-0.2, -0.15) is 0 Å². The Morgan fingerprint density at radius 2 is 1.48 bits per heavy atom. The van der Waals surface area contributed by atoms with E-state index < -0.39 is 0 Å². The standard InChI is InChI=1S/C23H25N5O/c1-26(18-19-8-4-2-5-9-19)23-24-16-20(17-25-23)22(29)28-14-12-27(13-15-28)21-10-6-3-7-11-21/h2-11,16-17H,12-15,18H2,1H3. The molecule has 1 saturated heterocycles. The van der Waals surface area contributed by atoms with Crippen molar-refractivity contribution in [3.8, 4) is 0 Å². The fraction of sp³-hybridized carbons (Fsp3) is 0.261. The molecule has 0 saturated carbocycles. The minimum Gasteiger partial charge on any atom is -0.368 e. The minimum absolute atomic E-state index is 0.00465. The molecule has 3 aromatic rings. The number of anilines is 2. The van der Waals surface area contributed by atoms with E-state index >= 15 is 0 Å². The summed E-state index contributed by atoms with van der Waals surface area (Å²) in [6, 6.07) is 20.5. The fourth-order valence-electron chi connectivity index (χ4n) is 3.55. The van der Waals surface area contributed by atoms with Gasteiger partial charge in [0.2, 0.25) is 5.95 Å². The van der Waals surface area contributed by atoms with E-state index in [1.807, 2.05) is 53.2 Å². The second-order valence-corrected chi connectivity index (χ2v) is 7.23. The first-order valence-electron chi connectivity index (χ1n) is 9.87. The van der Waals surface area contributed by atoms with E-state index in [1.165, 1.54) is 11.3 Å². The topological polar surface area (TPSA) is 52.6 Å². The zero-order valence-corrected chi connectivity index (χ0v) is 16.6. The number of aromatic nitrogens is 2. The van der Waals surface area contributed by atoms with Crippen molar-refractivity contribution in [1.29, 1.82) is 0 Å². The molecule has 0 N–H and O–H groups in total. The molecular formula is C23H25N5O. The number of hydrogen-bond acceptors (Lipinski definition) is 5. The highest BCUT2D eigenvalue weighted by atomic mass is 16.2. The lowest BCUT2D eigenvalue weighted by Gasteiger charge is -2.36. The SMILES string of the molecule is CN(Cc1ccccc1)c1ncc(C(=O)N2CCN(c3ccccc3)CC2)cn1. The van der Waals surface area contributed by atoms with E-state index in [4.69, 9.17) is 0 Å². The molecule has 0 unspecified atom stereocenters. The Labute approximate surface area is 171 Å². The third-order valence-electron chi connectivity index (χ3n) is 5.18. The van der Waals surface area contributed by atoms with Crippen LogP contribution in [0.5, 0.6) is 0 Å². The fourth-order valence-corrected chi connectivity index (χ4v) is 3.55. The van der Waals surface area contributed by atoms with Crippen LogP contribution in [0, 0.1) is 0 Å². The van der Waals surface area contributed by atoms with Crippen molar-refractivity contribution in [2.24, 2.45) is 0 Å². The molecule has 1 amide bonds. The molecule has 4 rings (SSSR count). The zero-order chi connectivity index (χ0) is 20.1. The summed E-state index contributed by atoms with van der Waals surface area (Å²) in [5.74, 6) is 0.606. The van der Waals surface area contributed by atoms with Crippen LogP contribution >= 0.6 is 0 Å². The number of benzene rings is 2. The number of hydrogen-bond donors (Lipinski definition) is 0. The minimum atomic E-state index is -0.00465. The average molecular weight is 387 g/mol. The summed E-state index contributed by atoms with van der Waals surface area (Å²) in [6.45, 7) is 3.77. The van der Waals surface area contributed by atoms with Gasteiger partial charge in [0.15, 0.2) is 0 Å². The summed E-state index contributed by atoms with van der Waals surface area (Å²) in [7, 11) is 1.95. The summed E-state index contributed by atoms with van der Waals surface area (Å²) in [5.41, 5.74) is 2.93. The molecule has 6 nitrogen and oxygen atoms in total. The monoisotopic (exact) mass is 387 g/mol. The van der Waals surface area contributed by atoms with Crippen LogP contribution in [0.2, 0.25) is 0 Å². The molecule has 0 bridgehead atoms. The van der Waals surface area contributed by atoms with E-state index in [-0.39, 0.29) is 5.91 Å². The molecule has 2 aromatic carbocycles. The maximum atomic E-state index is 12.8. The number of rotatable bonds is 5. The van der Waals surface area contributed by atoms with Gasteiger partial charge in [0.05, 0.1) is 5.56 Å². The number of carbonyl (C=O) groups is 1. The first kappa shape index (κ1) is 18.9. The van der Waals surface area contributed by atoms with Crippen LogP contribution in [0.15, 0.2) is 73.1 Å². The van der Waals surface area contributed by atoms with Crippen LogP contribution < -0.4 is 9.80 Å². The van der Waals surface area contributed by atoms with Gasteiger partial charge in [-0.25, -0.2) is 9.97 Å². The third-order valence-corrected chi connectivity index (χ3v) is 5.18. The van der Waals surface area contributed by atoms with Gasteiger partial charge in [0, 0.05) is 57.9 Å². The van der Waals surface area contributed by atoms with Gasteiger partial charge in [0.1, 0.15) is 0 Å². The number of nitrogens with zero attached hydrogens (tertiary/aromatic N) is 5. The highest BCUT2D eigenvalue weighted by Gasteiger charge is 2.23. The molecule has 6 heteroatoms. The van der Waals surface area contributed by atoms with E-state index in [0.29, 0.717) is 24.6 Å². The molecule has 1 aliphatic rings. The summed E-state index contributed by atoms with van der Waals surface area (Å²) in [6.07, 6.45) is 3.27. The lowest BCUT2D eigenvalue weighted by molar-refractivity contribution is 0.0746. The van der Waals surface area contributed by atoms with Crippen LogP contribution in [0.1, 0.15) is 15.9 Å². The van der Waals surface area contributed by atoms with Crippen LogP contribution in [-0.4, -0.2) is 54.0 Å². The largest absolute Gasteiger partial charge is 0.368 e. The Morgan fingerprint density at radius 3 is 2.10 bits per heavy atom. The van der Waals surface area contributed by atoms with Gasteiger partial charge in [-0.1, -0.05) is 48.5 Å². The van der Waals surface area contributed by atoms with E-state index in [0.717, 1.165) is 19.6 Å². The number of piperazine rings is 1. The van der Waals surface area contributed by atoms with Gasteiger partial charge in [-0.15, -0.1) is 0 Å². The van der Waals surface area contributed by atoms with Crippen molar-refractivity contribution >= 4 is 17.5 Å². The molecule has 0 radical (unpaired) electrons. The molecule has 1 fully saturated rings. The zero-order valence-electron chi connectivity index (χ0n) is 16.6. The quantitative estimate of drug-likeness (QED) is 0.673. The van der Waals surface area contributed by atoms with Crippen LogP contribution in [0.25, 0.3) is 0 Å². The van der Waals surface area contributed by atoms with Crippen LogP contribution in [0.3, 0.4) is 0 Å². The van der Waals surface area contributed by atoms with E-state index in [2.05, 4.69) is 39.1 Å². The van der Waals surface area contributed by atoms with Gasteiger partial charge in [-0.05, 0) is 17.7 Å². The number of carbonyl (C=O) groups excluding carboxylic acids is 1. The predicted octanol–water partition coefficient (Wildman–Crippen LogP) is 3.08. The Morgan fingerprint density at radius 1 is 0.897 bits per heavy atom.